The van der Waals surface area contributed by atoms with Crippen molar-refractivity contribution >= 4 is 6.03 Å². The van der Waals surface area contributed by atoms with E-state index < -0.39 is 6.55 Å². The van der Waals surface area contributed by atoms with Crippen molar-refractivity contribution in [2.45, 2.75) is 45.4 Å². The number of hydrogen-bond acceptors (Lipinski definition) is 3. The Bertz CT molecular complexity index is 495. The van der Waals surface area contributed by atoms with Crippen LogP contribution in [-0.4, -0.2) is 52.3 Å². The number of amides is 2. The topological polar surface area (TPSA) is 59.4 Å². The van der Waals surface area contributed by atoms with Gasteiger partial charge in [-0.3, -0.25) is 4.57 Å². The number of carbonyl (C=O) groups excluding carboxylic acids is 1. The van der Waals surface area contributed by atoms with Gasteiger partial charge in [-0.05, 0) is 13.3 Å². The second-order valence-electron chi connectivity index (χ2n) is 5.39. The molecule has 1 aromatic heterocycles. The number of aromatic nitrogens is 2. The molecule has 0 aromatic carbocycles. The first-order valence-electron chi connectivity index (χ1n) is 7.49. The zero-order valence-corrected chi connectivity index (χ0v) is 12.8. The maximum absolute atomic E-state index is 12.7. The van der Waals surface area contributed by atoms with Crippen molar-refractivity contribution < 1.29 is 18.3 Å². The standard InChI is InChI=1S/C14H22F2N4O2/c1-3-11-9-19(8-10(2)22-11)14(21)18-5-4-12-17-6-7-20(12)13(15)16/h6-7,10-11,13H,3-5,8-9H2,1-2H3,(H,18,21)/t10-,11+/m1/s1. The van der Waals surface area contributed by atoms with E-state index in [1.54, 1.807) is 4.90 Å². The Morgan fingerprint density at radius 3 is 3.00 bits per heavy atom. The number of halogens is 2. The van der Waals surface area contributed by atoms with Crippen LogP contribution in [0.25, 0.3) is 0 Å². The van der Waals surface area contributed by atoms with Crippen LogP contribution in [0, 0.1) is 0 Å². The third-order valence-corrected chi connectivity index (χ3v) is 3.65. The number of ether oxygens (including phenoxy) is 1. The van der Waals surface area contributed by atoms with Crippen LogP contribution in [0.1, 0.15) is 32.6 Å². The van der Waals surface area contributed by atoms with Crippen LogP contribution in [0.5, 0.6) is 0 Å². The minimum absolute atomic E-state index is 0.00202. The summed E-state index contributed by atoms with van der Waals surface area (Å²) in [5.74, 6) is 0.261. The van der Waals surface area contributed by atoms with E-state index in [1.165, 1.54) is 12.4 Å². The van der Waals surface area contributed by atoms with Crippen molar-refractivity contribution in [2.75, 3.05) is 19.6 Å². The molecule has 1 aromatic rings. The summed E-state index contributed by atoms with van der Waals surface area (Å²) in [6.45, 7) is 2.70. The van der Waals surface area contributed by atoms with E-state index in [4.69, 9.17) is 4.74 Å². The predicted octanol–water partition coefficient (Wildman–Crippen LogP) is 2.03. The Balaban J connectivity index is 1.81. The number of imidazole rings is 1. The van der Waals surface area contributed by atoms with Gasteiger partial charge in [0.25, 0.3) is 0 Å². The molecule has 1 fully saturated rings. The van der Waals surface area contributed by atoms with E-state index in [9.17, 15) is 13.6 Å². The highest BCUT2D eigenvalue weighted by Gasteiger charge is 2.27. The van der Waals surface area contributed by atoms with Gasteiger partial charge in [-0.15, -0.1) is 0 Å². The zero-order chi connectivity index (χ0) is 16.1. The average Bonchev–Trinajstić information content (AvgIpc) is 2.95. The van der Waals surface area contributed by atoms with Crippen molar-refractivity contribution in [1.82, 2.24) is 19.8 Å². The Morgan fingerprint density at radius 2 is 2.32 bits per heavy atom. The second-order valence-corrected chi connectivity index (χ2v) is 5.39. The summed E-state index contributed by atoms with van der Waals surface area (Å²) in [5, 5.41) is 2.76. The van der Waals surface area contributed by atoms with E-state index in [0.29, 0.717) is 13.1 Å². The molecule has 0 unspecified atom stereocenters. The monoisotopic (exact) mass is 316 g/mol. The van der Waals surface area contributed by atoms with Gasteiger partial charge in [0.05, 0.1) is 12.2 Å². The van der Waals surface area contributed by atoms with Gasteiger partial charge >= 0.3 is 12.6 Å². The molecule has 1 saturated heterocycles. The summed E-state index contributed by atoms with van der Waals surface area (Å²) in [7, 11) is 0. The summed E-state index contributed by atoms with van der Waals surface area (Å²) in [6.07, 6.45) is 3.73. The fourth-order valence-electron chi connectivity index (χ4n) is 2.54. The van der Waals surface area contributed by atoms with Gasteiger partial charge in [0.2, 0.25) is 0 Å². The molecule has 2 rings (SSSR count). The van der Waals surface area contributed by atoms with Crippen LogP contribution in [0.2, 0.25) is 0 Å². The molecule has 2 amide bonds. The van der Waals surface area contributed by atoms with Gasteiger partial charge in [-0.2, -0.15) is 8.78 Å². The van der Waals surface area contributed by atoms with Crippen molar-refractivity contribution in [1.29, 1.82) is 0 Å². The van der Waals surface area contributed by atoms with Gasteiger partial charge in [0, 0.05) is 38.4 Å². The maximum Gasteiger partial charge on any atom is 0.319 e. The SMILES string of the molecule is CC[C@H]1CN(C(=O)NCCc2nccn2C(F)F)C[C@@H](C)O1. The van der Waals surface area contributed by atoms with Crippen LogP contribution in [0.4, 0.5) is 13.6 Å². The molecule has 0 radical (unpaired) electrons. The molecule has 0 aliphatic carbocycles. The number of hydrogen-bond donors (Lipinski definition) is 1. The molecule has 1 N–H and O–H groups in total. The van der Waals surface area contributed by atoms with Gasteiger partial charge < -0.3 is 15.0 Å². The van der Waals surface area contributed by atoms with Crippen LogP contribution in [0.3, 0.4) is 0 Å². The highest BCUT2D eigenvalue weighted by molar-refractivity contribution is 5.74. The molecule has 6 nitrogen and oxygen atoms in total. The third-order valence-electron chi connectivity index (χ3n) is 3.65. The lowest BCUT2D eigenvalue weighted by Crippen LogP contribution is -2.52. The van der Waals surface area contributed by atoms with Gasteiger partial charge in [-0.25, -0.2) is 9.78 Å². The molecule has 0 bridgehead atoms. The summed E-state index contributed by atoms with van der Waals surface area (Å²) in [4.78, 5) is 17.7. The Labute approximate surface area is 128 Å². The number of urea groups is 1. The fourth-order valence-corrected chi connectivity index (χ4v) is 2.54. The number of alkyl halides is 2. The summed E-state index contributed by atoms with van der Waals surface area (Å²) >= 11 is 0. The Kier molecular flexibility index (Phi) is 5.70. The third kappa shape index (κ3) is 4.16. The molecule has 1 aliphatic rings. The molecule has 124 valence electrons. The average molecular weight is 316 g/mol. The molecule has 1 aliphatic heterocycles. The summed E-state index contributed by atoms with van der Waals surface area (Å²) in [5.41, 5.74) is 0. The maximum atomic E-state index is 12.7. The normalized spacial score (nSPS) is 22.1. The lowest BCUT2D eigenvalue weighted by Gasteiger charge is -2.36. The van der Waals surface area contributed by atoms with E-state index in [2.05, 4.69) is 10.3 Å². The van der Waals surface area contributed by atoms with Crippen molar-refractivity contribution in [3.05, 3.63) is 18.2 Å². The zero-order valence-electron chi connectivity index (χ0n) is 12.8. The van der Waals surface area contributed by atoms with E-state index in [-0.39, 0.29) is 37.0 Å². The molecule has 0 saturated carbocycles. The van der Waals surface area contributed by atoms with Crippen LogP contribution in [-0.2, 0) is 11.2 Å². The molecule has 8 heteroatoms. The van der Waals surface area contributed by atoms with E-state index in [0.717, 1.165) is 11.0 Å². The second kappa shape index (κ2) is 7.53. The minimum Gasteiger partial charge on any atom is -0.372 e. The van der Waals surface area contributed by atoms with Crippen LogP contribution >= 0.6 is 0 Å². The van der Waals surface area contributed by atoms with Crippen LogP contribution in [0.15, 0.2) is 12.4 Å². The highest BCUT2D eigenvalue weighted by Crippen LogP contribution is 2.14. The van der Waals surface area contributed by atoms with Crippen molar-refractivity contribution in [3.63, 3.8) is 0 Å². The lowest BCUT2D eigenvalue weighted by atomic mass is 10.2. The summed E-state index contributed by atoms with van der Waals surface area (Å²) in [6, 6.07) is -0.191. The van der Waals surface area contributed by atoms with Crippen molar-refractivity contribution in [3.8, 4) is 0 Å². The Hall–Kier alpha value is -1.70. The molecule has 2 heterocycles. The minimum atomic E-state index is -2.61. The molecular weight excluding hydrogens is 294 g/mol. The highest BCUT2D eigenvalue weighted by atomic mass is 19.3. The number of nitrogens with zero attached hydrogens (tertiary/aromatic N) is 3. The van der Waals surface area contributed by atoms with Crippen molar-refractivity contribution in [2.24, 2.45) is 0 Å². The first-order valence-corrected chi connectivity index (χ1v) is 7.49. The molecule has 2 atom stereocenters. The number of morpholine rings is 1. The molecular formula is C14H22F2N4O2. The lowest BCUT2D eigenvalue weighted by molar-refractivity contribution is -0.0645. The van der Waals surface area contributed by atoms with Crippen LogP contribution < -0.4 is 5.32 Å². The first kappa shape index (κ1) is 16.7. The fraction of sp³-hybridized carbons (Fsp3) is 0.714. The number of carbonyl (C=O) groups is 1. The largest absolute Gasteiger partial charge is 0.372 e. The van der Waals surface area contributed by atoms with E-state index in [1.807, 2.05) is 13.8 Å². The number of nitrogens with one attached hydrogen (secondary N) is 1. The predicted molar refractivity (Wildman–Crippen MR) is 76.8 cm³/mol. The first-order chi connectivity index (χ1) is 10.5. The Morgan fingerprint density at radius 1 is 1.55 bits per heavy atom. The molecule has 0 spiro atoms. The molecule has 22 heavy (non-hydrogen) atoms. The number of rotatable bonds is 5. The van der Waals surface area contributed by atoms with Gasteiger partial charge in [0.1, 0.15) is 5.82 Å². The quantitative estimate of drug-likeness (QED) is 0.904. The van der Waals surface area contributed by atoms with E-state index >= 15 is 0 Å². The summed E-state index contributed by atoms with van der Waals surface area (Å²) < 4.78 is 31.9. The smallest absolute Gasteiger partial charge is 0.319 e. The van der Waals surface area contributed by atoms with Gasteiger partial charge in [-0.1, -0.05) is 6.92 Å². The van der Waals surface area contributed by atoms with Gasteiger partial charge in [0.15, 0.2) is 0 Å².